The number of aromatic nitrogens is 2. The maximum Gasteiger partial charge on any atom is 0.253 e. The fourth-order valence-corrected chi connectivity index (χ4v) is 5.23. The number of carbonyl (C=O) groups excluding carboxylic acids is 1. The number of hydrogen-bond donors (Lipinski definition) is 1. The van der Waals surface area contributed by atoms with Crippen LogP contribution in [0.2, 0.25) is 0 Å². The molecule has 9 heteroatoms. The van der Waals surface area contributed by atoms with Gasteiger partial charge in [-0.3, -0.25) is 19.7 Å². The number of amides is 1. The summed E-state index contributed by atoms with van der Waals surface area (Å²) in [4.78, 5) is 30.0. The highest BCUT2D eigenvalue weighted by molar-refractivity contribution is 6.01. The van der Waals surface area contributed by atoms with Crippen LogP contribution in [-0.2, 0) is 14.2 Å². The maximum atomic E-state index is 13.9. The van der Waals surface area contributed by atoms with Gasteiger partial charge in [0.25, 0.3) is 5.91 Å². The van der Waals surface area contributed by atoms with E-state index >= 15 is 0 Å². The summed E-state index contributed by atoms with van der Waals surface area (Å²) in [6.45, 7) is 9.87. The molecule has 5 heterocycles. The molecule has 3 aliphatic rings. The predicted molar refractivity (Wildman–Crippen MR) is 145 cm³/mol. The summed E-state index contributed by atoms with van der Waals surface area (Å²) in [5.41, 5.74) is 3.34. The summed E-state index contributed by atoms with van der Waals surface area (Å²) in [5.74, 6) is 0.555. The van der Waals surface area contributed by atoms with Crippen LogP contribution in [-0.4, -0.2) is 78.0 Å². The number of aliphatic imine (C=N–C) groups is 1. The minimum absolute atomic E-state index is 0.0268. The van der Waals surface area contributed by atoms with E-state index in [9.17, 15) is 4.79 Å². The number of pyridine rings is 2. The van der Waals surface area contributed by atoms with Gasteiger partial charge in [-0.05, 0) is 42.2 Å². The van der Waals surface area contributed by atoms with Crippen molar-refractivity contribution in [1.29, 1.82) is 0 Å². The zero-order valence-corrected chi connectivity index (χ0v) is 22.5. The molecule has 9 nitrogen and oxygen atoms in total. The Hall–Kier alpha value is -3.14. The molecule has 0 aromatic carbocycles. The number of ether oxygens (including phenoxy) is 3. The summed E-state index contributed by atoms with van der Waals surface area (Å²) in [7, 11) is 0. The average molecular weight is 520 g/mol. The second kappa shape index (κ2) is 11.7. The lowest BCUT2D eigenvalue weighted by Gasteiger charge is -2.48. The molecular formula is C29H37N5O4. The summed E-state index contributed by atoms with van der Waals surface area (Å²) in [5, 5.41) is 3.41. The van der Waals surface area contributed by atoms with Crippen LogP contribution >= 0.6 is 0 Å². The standard InChI is InChI=1S/C29H37N5O4/c1-20(2)26-17-22(6-10-31-26)27(35)33-29(34-11-15-37-16-12-34)18-25(23-5-4-9-30-19-23)21(3)32-28(29)38-24-7-13-36-14-8-24/h4-6,9-10,17,19-20,24H,7-8,11-16,18H2,1-3H3,(H,33,35). The molecule has 0 aliphatic carbocycles. The highest BCUT2D eigenvalue weighted by atomic mass is 16.5. The summed E-state index contributed by atoms with van der Waals surface area (Å²) >= 11 is 0. The largest absolute Gasteiger partial charge is 0.475 e. The number of nitrogens with one attached hydrogen (secondary N) is 1. The minimum Gasteiger partial charge on any atom is -0.475 e. The average Bonchev–Trinajstić information content (AvgIpc) is 2.96. The maximum absolute atomic E-state index is 13.9. The SMILES string of the molecule is CC1=C(c2cccnc2)CC(NC(=O)c2ccnc(C(C)C)c2)(N2CCOCC2)C(OC2CCOCC2)=N1. The molecule has 0 bridgehead atoms. The first-order chi connectivity index (χ1) is 18.5. The molecule has 1 N–H and O–H groups in total. The second-order valence-corrected chi connectivity index (χ2v) is 10.4. The Kier molecular flexibility index (Phi) is 8.16. The highest BCUT2D eigenvalue weighted by Gasteiger charge is 2.49. The quantitative estimate of drug-likeness (QED) is 0.620. The molecule has 0 spiro atoms. The fourth-order valence-electron chi connectivity index (χ4n) is 5.23. The summed E-state index contributed by atoms with van der Waals surface area (Å²) in [6, 6.07) is 7.59. The molecule has 202 valence electrons. The number of carbonyl (C=O) groups is 1. The van der Waals surface area contributed by atoms with Gasteiger partial charge in [0.2, 0.25) is 5.90 Å². The van der Waals surface area contributed by atoms with Crippen molar-refractivity contribution in [2.24, 2.45) is 4.99 Å². The molecule has 2 aromatic rings. The van der Waals surface area contributed by atoms with Gasteiger partial charge in [0, 0.05) is 67.9 Å². The molecule has 1 atom stereocenters. The van der Waals surface area contributed by atoms with E-state index in [1.54, 1.807) is 18.5 Å². The minimum atomic E-state index is -0.981. The van der Waals surface area contributed by atoms with E-state index in [0.29, 0.717) is 57.4 Å². The lowest BCUT2D eigenvalue weighted by atomic mass is 9.88. The van der Waals surface area contributed by atoms with E-state index in [0.717, 1.165) is 35.4 Å². The Morgan fingerprint density at radius 1 is 1.13 bits per heavy atom. The van der Waals surface area contributed by atoms with Crippen LogP contribution in [0.25, 0.3) is 5.57 Å². The zero-order chi connectivity index (χ0) is 26.5. The topological polar surface area (TPSA) is 98.2 Å². The number of morpholine rings is 1. The normalized spacial score (nSPS) is 23.3. The van der Waals surface area contributed by atoms with E-state index in [4.69, 9.17) is 19.2 Å². The molecule has 1 amide bonds. The number of rotatable bonds is 6. The molecule has 2 fully saturated rings. The first-order valence-electron chi connectivity index (χ1n) is 13.5. The number of nitrogens with zero attached hydrogens (tertiary/aromatic N) is 4. The lowest BCUT2D eigenvalue weighted by Crippen LogP contribution is -2.69. The Labute approximate surface area is 224 Å². The van der Waals surface area contributed by atoms with Crippen LogP contribution in [0.1, 0.15) is 67.6 Å². The number of allylic oxidation sites excluding steroid dienone is 1. The highest BCUT2D eigenvalue weighted by Crippen LogP contribution is 2.38. The van der Waals surface area contributed by atoms with Gasteiger partial charge in [-0.15, -0.1) is 0 Å². The molecule has 2 saturated heterocycles. The molecule has 1 unspecified atom stereocenters. The van der Waals surface area contributed by atoms with Crippen LogP contribution in [0.15, 0.2) is 53.5 Å². The molecule has 38 heavy (non-hydrogen) atoms. The Morgan fingerprint density at radius 3 is 2.61 bits per heavy atom. The third-order valence-electron chi connectivity index (χ3n) is 7.46. The molecule has 2 aromatic heterocycles. The Morgan fingerprint density at radius 2 is 1.89 bits per heavy atom. The van der Waals surface area contributed by atoms with E-state index in [-0.39, 0.29) is 17.9 Å². The van der Waals surface area contributed by atoms with Gasteiger partial charge in [-0.2, -0.15) is 0 Å². The summed E-state index contributed by atoms with van der Waals surface area (Å²) < 4.78 is 17.9. The number of hydrogen-bond acceptors (Lipinski definition) is 8. The molecule has 0 saturated carbocycles. The Balaban J connectivity index is 1.58. The van der Waals surface area contributed by atoms with E-state index in [1.807, 2.05) is 31.3 Å². The smallest absolute Gasteiger partial charge is 0.253 e. The van der Waals surface area contributed by atoms with Crippen molar-refractivity contribution in [3.05, 3.63) is 65.4 Å². The monoisotopic (exact) mass is 519 g/mol. The Bertz CT molecular complexity index is 1190. The van der Waals surface area contributed by atoms with E-state index in [2.05, 4.69) is 34.0 Å². The molecule has 3 aliphatic heterocycles. The first-order valence-corrected chi connectivity index (χ1v) is 13.5. The van der Waals surface area contributed by atoms with Gasteiger partial charge >= 0.3 is 0 Å². The van der Waals surface area contributed by atoms with Crippen LogP contribution < -0.4 is 5.32 Å². The van der Waals surface area contributed by atoms with Gasteiger partial charge in [-0.1, -0.05) is 19.9 Å². The van der Waals surface area contributed by atoms with Gasteiger partial charge < -0.3 is 19.5 Å². The third kappa shape index (κ3) is 5.65. The lowest BCUT2D eigenvalue weighted by molar-refractivity contribution is -0.0281. The molecular weight excluding hydrogens is 482 g/mol. The molecule has 0 radical (unpaired) electrons. The van der Waals surface area contributed by atoms with Crippen LogP contribution in [0.5, 0.6) is 0 Å². The molecule has 5 rings (SSSR count). The fraction of sp³-hybridized carbons (Fsp3) is 0.517. The van der Waals surface area contributed by atoms with Gasteiger partial charge in [0.05, 0.1) is 26.4 Å². The second-order valence-electron chi connectivity index (χ2n) is 10.4. The van der Waals surface area contributed by atoms with Gasteiger partial charge in [-0.25, -0.2) is 4.99 Å². The van der Waals surface area contributed by atoms with Crippen LogP contribution in [0.3, 0.4) is 0 Å². The zero-order valence-electron chi connectivity index (χ0n) is 22.5. The van der Waals surface area contributed by atoms with Crippen molar-refractivity contribution in [2.45, 2.75) is 57.7 Å². The van der Waals surface area contributed by atoms with Crippen molar-refractivity contribution in [3.8, 4) is 0 Å². The summed E-state index contributed by atoms with van der Waals surface area (Å²) in [6.07, 6.45) is 7.35. The van der Waals surface area contributed by atoms with Crippen molar-refractivity contribution in [1.82, 2.24) is 20.2 Å². The van der Waals surface area contributed by atoms with Crippen molar-refractivity contribution < 1.29 is 19.0 Å². The van der Waals surface area contributed by atoms with E-state index in [1.165, 1.54) is 0 Å². The third-order valence-corrected chi connectivity index (χ3v) is 7.46. The predicted octanol–water partition coefficient (Wildman–Crippen LogP) is 3.79. The van der Waals surface area contributed by atoms with Gasteiger partial charge in [0.15, 0.2) is 5.66 Å². The van der Waals surface area contributed by atoms with Gasteiger partial charge in [0.1, 0.15) is 6.10 Å². The van der Waals surface area contributed by atoms with Crippen molar-refractivity contribution in [3.63, 3.8) is 0 Å². The first kappa shape index (κ1) is 26.5. The van der Waals surface area contributed by atoms with Crippen LogP contribution in [0.4, 0.5) is 0 Å². The van der Waals surface area contributed by atoms with Crippen molar-refractivity contribution in [2.75, 3.05) is 39.5 Å². The van der Waals surface area contributed by atoms with Crippen molar-refractivity contribution >= 4 is 17.4 Å². The van der Waals surface area contributed by atoms with E-state index < -0.39 is 5.66 Å². The van der Waals surface area contributed by atoms with Crippen LogP contribution in [0, 0.1) is 0 Å².